The summed E-state index contributed by atoms with van der Waals surface area (Å²) in [4.78, 5) is 27.8. The summed E-state index contributed by atoms with van der Waals surface area (Å²) >= 11 is 1.48. The predicted octanol–water partition coefficient (Wildman–Crippen LogP) is 0.635. The molecule has 0 saturated heterocycles. The van der Waals surface area contributed by atoms with Crippen LogP contribution >= 0.6 is 11.3 Å². The number of fused-ring (bicyclic) bond motifs is 1. The van der Waals surface area contributed by atoms with Crippen LogP contribution in [0.15, 0.2) is 29.1 Å². The van der Waals surface area contributed by atoms with Gasteiger partial charge in [0.15, 0.2) is 11.9 Å². The van der Waals surface area contributed by atoms with Crippen molar-refractivity contribution in [1.29, 1.82) is 5.41 Å². The molecular formula is C19H23N9O2S. The van der Waals surface area contributed by atoms with Crippen molar-refractivity contribution in [3.05, 3.63) is 46.0 Å². The second-order valence-corrected chi connectivity index (χ2v) is 7.81. The van der Waals surface area contributed by atoms with Gasteiger partial charge in [-0.3, -0.25) is 19.7 Å². The molecule has 3 aromatic rings. The van der Waals surface area contributed by atoms with Crippen molar-refractivity contribution in [2.24, 2.45) is 17.9 Å². The minimum absolute atomic E-state index is 0.0226. The molecule has 0 radical (unpaired) electrons. The number of hydrogen-bond donors (Lipinski definition) is 4. The molecule has 0 aliphatic heterocycles. The van der Waals surface area contributed by atoms with Crippen LogP contribution in [-0.2, 0) is 18.3 Å². The summed E-state index contributed by atoms with van der Waals surface area (Å²) in [5.41, 5.74) is 8.10. The third-order valence-corrected chi connectivity index (χ3v) is 5.58. The van der Waals surface area contributed by atoms with Crippen LogP contribution < -0.4 is 11.1 Å². The van der Waals surface area contributed by atoms with E-state index in [0.29, 0.717) is 23.3 Å². The number of thiazole rings is 1. The number of aryl methyl sites for hydroxylation is 1. The van der Waals surface area contributed by atoms with E-state index >= 15 is 0 Å². The van der Waals surface area contributed by atoms with Gasteiger partial charge in [0.05, 0.1) is 40.1 Å². The van der Waals surface area contributed by atoms with Crippen molar-refractivity contribution in [2.45, 2.75) is 6.42 Å². The zero-order valence-corrected chi connectivity index (χ0v) is 18.2. The normalized spacial score (nSPS) is 11.9. The number of aldehydes is 1. The molecule has 0 aromatic carbocycles. The molecule has 1 amide bonds. The lowest BCUT2D eigenvalue weighted by molar-refractivity contribution is -0.114. The fourth-order valence-electron chi connectivity index (χ4n) is 3.02. The molecule has 11 nitrogen and oxygen atoms in total. The van der Waals surface area contributed by atoms with E-state index in [-0.39, 0.29) is 17.8 Å². The molecular weight excluding hydrogens is 418 g/mol. The van der Waals surface area contributed by atoms with E-state index in [9.17, 15) is 9.59 Å². The molecule has 5 N–H and O–H groups in total. The molecule has 0 unspecified atom stereocenters. The van der Waals surface area contributed by atoms with Crippen LogP contribution in [0.4, 0.5) is 0 Å². The molecule has 3 heterocycles. The Morgan fingerprint density at radius 1 is 1.52 bits per heavy atom. The number of aromatic nitrogens is 4. The number of nitrogens with two attached hydrogens (primary N) is 1. The first kappa shape index (κ1) is 21.9. The Hall–Kier alpha value is -3.80. The topological polar surface area (TPSA) is 158 Å². The Kier molecular flexibility index (Phi) is 6.60. The number of H-pyrrole nitrogens is 1. The Morgan fingerprint density at radius 2 is 2.29 bits per heavy atom. The molecule has 12 heteroatoms. The van der Waals surface area contributed by atoms with Gasteiger partial charge in [0, 0.05) is 45.5 Å². The first-order chi connectivity index (χ1) is 14.8. The zero-order valence-electron chi connectivity index (χ0n) is 17.3. The molecule has 31 heavy (non-hydrogen) atoms. The van der Waals surface area contributed by atoms with Crippen molar-refractivity contribution < 1.29 is 9.59 Å². The monoisotopic (exact) mass is 441 g/mol. The number of nitrogens with one attached hydrogen (secondary N) is 3. The smallest absolute Gasteiger partial charge is 0.252 e. The highest BCUT2D eigenvalue weighted by molar-refractivity contribution is 7.19. The number of rotatable bonds is 10. The Morgan fingerprint density at radius 3 is 2.90 bits per heavy atom. The van der Waals surface area contributed by atoms with E-state index < -0.39 is 5.91 Å². The molecule has 0 aliphatic carbocycles. The van der Waals surface area contributed by atoms with Gasteiger partial charge in [-0.1, -0.05) is 0 Å². The number of primary amides is 1. The van der Waals surface area contributed by atoms with Gasteiger partial charge < -0.3 is 21.0 Å². The first-order valence-electron chi connectivity index (χ1n) is 9.27. The lowest BCUT2D eigenvalue weighted by atomic mass is 10.1. The van der Waals surface area contributed by atoms with Crippen LogP contribution in [0.2, 0.25) is 0 Å². The average molecular weight is 442 g/mol. The summed E-state index contributed by atoms with van der Waals surface area (Å²) < 4.78 is 2.58. The molecule has 0 aliphatic rings. The highest BCUT2D eigenvalue weighted by Crippen LogP contribution is 2.30. The Labute approximate surface area is 182 Å². The predicted molar refractivity (Wildman–Crippen MR) is 120 cm³/mol. The fourth-order valence-corrected chi connectivity index (χ4v) is 4.15. The van der Waals surface area contributed by atoms with Crippen LogP contribution in [0.3, 0.4) is 0 Å². The van der Waals surface area contributed by atoms with Gasteiger partial charge in [0.25, 0.3) is 5.91 Å². The molecule has 0 bridgehead atoms. The maximum Gasteiger partial charge on any atom is 0.252 e. The van der Waals surface area contributed by atoms with Gasteiger partial charge in [0.1, 0.15) is 5.01 Å². The number of carbonyl (C=O) groups is 2. The molecule has 0 atom stereocenters. The van der Waals surface area contributed by atoms with Gasteiger partial charge in [-0.2, -0.15) is 10.2 Å². The van der Waals surface area contributed by atoms with Crippen molar-refractivity contribution in [3.8, 4) is 0 Å². The summed E-state index contributed by atoms with van der Waals surface area (Å²) in [5, 5.41) is 24.5. The van der Waals surface area contributed by atoms with Crippen molar-refractivity contribution in [2.75, 3.05) is 20.6 Å². The van der Waals surface area contributed by atoms with E-state index in [2.05, 4.69) is 25.6 Å². The van der Waals surface area contributed by atoms with Crippen molar-refractivity contribution in [1.82, 2.24) is 30.1 Å². The van der Waals surface area contributed by atoms with E-state index in [4.69, 9.17) is 11.1 Å². The third kappa shape index (κ3) is 4.69. The highest BCUT2D eigenvalue weighted by atomic mass is 32.1. The molecule has 0 saturated carbocycles. The Bertz CT molecular complexity index is 1170. The maximum absolute atomic E-state index is 11.7. The van der Waals surface area contributed by atoms with Gasteiger partial charge >= 0.3 is 0 Å². The minimum Gasteiger partial charge on any atom is -0.393 e. The standard InChI is InChI=1S/C19H23N9O2S/c1-22-7-12(18(21)30)14(20)9-27(2)24-8-13-15(10-29)28(3)19-17(13)31-16(25-19)6-11-4-5-23-26-11/h4-5,7-8,10,20,22H,6,9H2,1-3H3,(H2,21,30)(H,23,26)/b12-7+,20-14?,24-8-. The zero-order chi connectivity index (χ0) is 22.5. The van der Waals surface area contributed by atoms with Crippen LogP contribution in [-0.4, -0.2) is 69.5 Å². The molecule has 3 rings (SSSR count). The highest BCUT2D eigenvalue weighted by Gasteiger charge is 2.19. The Balaban J connectivity index is 1.85. The van der Waals surface area contributed by atoms with Crippen molar-refractivity contribution in [3.63, 3.8) is 0 Å². The number of aromatic amines is 1. The van der Waals surface area contributed by atoms with Gasteiger partial charge in [-0.05, 0) is 6.07 Å². The van der Waals surface area contributed by atoms with Crippen LogP contribution in [0, 0.1) is 5.41 Å². The first-order valence-corrected chi connectivity index (χ1v) is 10.1. The second kappa shape index (κ2) is 9.34. The average Bonchev–Trinajstić information content (AvgIpc) is 3.43. The maximum atomic E-state index is 11.7. The largest absolute Gasteiger partial charge is 0.393 e. The summed E-state index contributed by atoms with van der Waals surface area (Å²) in [7, 11) is 5.07. The summed E-state index contributed by atoms with van der Waals surface area (Å²) in [5.74, 6) is -0.696. The number of carbonyl (C=O) groups excluding carboxylic acids is 2. The second-order valence-electron chi connectivity index (χ2n) is 6.73. The molecule has 0 spiro atoms. The fraction of sp³-hybridized carbons (Fsp3) is 0.263. The SMILES string of the molecule is CN/C=C(\C(=N)CN(C)/N=C\c1c(C=O)n(C)c2nc(Cc3cc[nH]n3)sc12)C(N)=O. The van der Waals surface area contributed by atoms with Gasteiger partial charge in [0.2, 0.25) is 0 Å². The number of nitrogens with zero attached hydrogens (tertiary/aromatic N) is 5. The van der Waals surface area contributed by atoms with Crippen LogP contribution in [0.25, 0.3) is 10.3 Å². The van der Waals surface area contributed by atoms with Crippen LogP contribution in [0.1, 0.15) is 26.8 Å². The third-order valence-electron chi connectivity index (χ3n) is 4.51. The van der Waals surface area contributed by atoms with E-state index in [1.807, 2.05) is 6.07 Å². The summed E-state index contributed by atoms with van der Waals surface area (Å²) in [6.07, 6.45) is 6.06. The van der Waals surface area contributed by atoms with Gasteiger partial charge in [-0.15, -0.1) is 11.3 Å². The minimum atomic E-state index is -0.696. The van der Waals surface area contributed by atoms with E-state index in [1.165, 1.54) is 22.5 Å². The van der Waals surface area contributed by atoms with E-state index in [1.54, 1.807) is 38.1 Å². The summed E-state index contributed by atoms with van der Waals surface area (Å²) in [6.45, 7) is 0.0620. The number of hydrazone groups is 1. The van der Waals surface area contributed by atoms with Crippen molar-refractivity contribution >= 4 is 45.8 Å². The lowest BCUT2D eigenvalue weighted by Crippen LogP contribution is -2.29. The molecule has 0 fully saturated rings. The number of amides is 1. The summed E-state index contributed by atoms with van der Waals surface area (Å²) in [6, 6.07) is 1.89. The molecule has 3 aromatic heterocycles. The van der Waals surface area contributed by atoms with E-state index in [0.717, 1.165) is 21.7 Å². The lowest BCUT2D eigenvalue weighted by Gasteiger charge is -2.14. The van der Waals surface area contributed by atoms with Gasteiger partial charge in [-0.25, -0.2) is 4.98 Å². The quantitative estimate of drug-likeness (QED) is 0.156. The molecule has 162 valence electrons. The van der Waals surface area contributed by atoms with Crippen LogP contribution in [0.5, 0.6) is 0 Å². The number of hydrogen-bond acceptors (Lipinski definition) is 9.